The molecule has 1 aromatic rings. The molecule has 0 atom stereocenters. The van der Waals surface area contributed by atoms with Crippen LogP contribution in [0.2, 0.25) is 0 Å². The first-order valence-electron chi connectivity index (χ1n) is 3.83. The average molecular weight is 241 g/mol. The Morgan fingerprint density at radius 1 is 1.21 bits per heavy atom. The smallest absolute Gasteiger partial charge is 0.132 e. The molecule has 0 radical (unpaired) electrons. The van der Waals surface area contributed by atoms with Crippen molar-refractivity contribution in [2.75, 3.05) is 11.8 Å². The molecule has 1 rings (SSSR count). The molecule has 0 fully saturated rings. The van der Waals surface area contributed by atoms with Crippen molar-refractivity contribution in [1.29, 1.82) is 0 Å². The molecular formula is C9H8Cl2F2O. The minimum atomic E-state index is -1.65. The second kappa shape index (κ2) is 4.43. The minimum Gasteiger partial charge on any atom is -0.383 e. The van der Waals surface area contributed by atoms with Crippen LogP contribution < -0.4 is 0 Å². The summed E-state index contributed by atoms with van der Waals surface area (Å²) in [6.45, 7) is 0. The van der Waals surface area contributed by atoms with Gasteiger partial charge in [0.2, 0.25) is 0 Å². The van der Waals surface area contributed by atoms with Crippen molar-refractivity contribution in [1.82, 2.24) is 0 Å². The molecule has 0 saturated heterocycles. The van der Waals surface area contributed by atoms with E-state index in [1.165, 1.54) is 0 Å². The van der Waals surface area contributed by atoms with E-state index < -0.39 is 17.2 Å². The molecule has 78 valence electrons. The molecule has 0 aliphatic rings. The summed E-state index contributed by atoms with van der Waals surface area (Å²) in [6.07, 6.45) is 0. The average Bonchev–Trinajstić information content (AvgIpc) is 2.17. The van der Waals surface area contributed by atoms with Crippen molar-refractivity contribution in [3.05, 3.63) is 35.4 Å². The predicted molar refractivity (Wildman–Crippen MR) is 51.7 cm³/mol. The first-order valence-corrected chi connectivity index (χ1v) is 4.90. The van der Waals surface area contributed by atoms with Gasteiger partial charge in [0.1, 0.15) is 17.2 Å². The third kappa shape index (κ3) is 2.16. The maximum atomic E-state index is 13.2. The third-order valence-electron chi connectivity index (χ3n) is 1.87. The van der Waals surface area contributed by atoms with Gasteiger partial charge in [-0.25, -0.2) is 8.78 Å². The van der Waals surface area contributed by atoms with Gasteiger partial charge in [0.05, 0.1) is 11.8 Å². The van der Waals surface area contributed by atoms with Gasteiger partial charge in [0, 0.05) is 11.6 Å². The zero-order valence-corrected chi connectivity index (χ0v) is 8.62. The molecule has 14 heavy (non-hydrogen) atoms. The lowest BCUT2D eigenvalue weighted by Crippen LogP contribution is -2.31. The van der Waals surface area contributed by atoms with E-state index in [0.29, 0.717) is 6.07 Å². The highest BCUT2D eigenvalue weighted by Gasteiger charge is 2.30. The van der Waals surface area contributed by atoms with Crippen molar-refractivity contribution in [2.24, 2.45) is 0 Å². The van der Waals surface area contributed by atoms with Gasteiger partial charge in [-0.15, -0.1) is 23.2 Å². The van der Waals surface area contributed by atoms with E-state index in [2.05, 4.69) is 0 Å². The van der Waals surface area contributed by atoms with Crippen molar-refractivity contribution in [3.8, 4) is 0 Å². The summed E-state index contributed by atoms with van der Waals surface area (Å²) in [5.41, 5.74) is -1.75. The van der Waals surface area contributed by atoms with Crippen molar-refractivity contribution >= 4 is 23.2 Å². The molecule has 1 aromatic carbocycles. The summed E-state index contributed by atoms with van der Waals surface area (Å²) in [4.78, 5) is 0. The van der Waals surface area contributed by atoms with Crippen LogP contribution in [-0.2, 0) is 5.60 Å². The molecule has 5 heteroatoms. The van der Waals surface area contributed by atoms with Crippen molar-refractivity contribution < 1.29 is 13.9 Å². The fraction of sp³-hybridized carbons (Fsp3) is 0.333. The first kappa shape index (κ1) is 11.7. The zero-order valence-electron chi connectivity index (χ0n) is 7.11. The molecular weight excluding hydrogens is 233 g/mol. The second-order valence-corrected chi connectivity index (χ2v) is 3.46. The Hall–Kier alpha value is -0.380. The summed E-state index contributed by atoms with van der Waals surface area (Å²) < 4.78 is 25.8. The van der Waals surface area contributed by atoms with Crippen LogP contribution in [0.4, 0.5) is 8.78 Å². The first-order chi connectivity index (χ1) is 6.53. The molecule has 0 spiro atoms. The number of hydrogen-bond donors (Lipinski definition) is 1. The van der Waals surface area contributed by atoms with Gasteiger partial charge in [0.25, 0.3) is 0 Å². The number of aliphatic hydroxyl groups is 1. The second-order valence-electron chi connectivity index (χ2n) is 2.92. The summed E-state index contributed by atoms with van der Waals surface area (Å²) in [5.74, 6) is -2.07. The standard InChI is InChI=1S/C9H8Cl2F2O/c10-4-9(14,5-11)7-2-1-6(12)3-8(7)13/h1-3,14H,4-5H2. The Morgan fingerprint density at radius 3 is 2.21 bits per heavy atom. The van der Waals surface area contributed by atoms with Gasteiger partial charge in [0.15, 0.2) is 0 Å². The quantitative estimate of drug-likeness (QED) is 0.806. The zero-order chi connectivity index (χ0) is 10.8. The number of halogens is 4. The Balaban J connectivity index is 3.17. The van der Waals surface area contributed by atoms with Crippen LogP contribution in [0.1, 0.15) is 5.56 Å². The highest BCUT2D eigenvalue weighted by atomic mass is 35.5. The van der Waals surface area contributed by atoms with E-state index in [4.69, 9.17) is 23.2 Å². The number of alkyl halides is 2. The van der Waals surface area contributed by atoms with Gasteiger partial charge >= 0.3 is 0 Å². The van der Waals surface area contributed by atoms with E-state index in [1.54, 1.807) is 0 Å². The third-order valence-corrected chi connectivity index (χ3v) is 2.76. The fourth-order valence-electron chi connectivity index (χ4n) is 1.05. The van der Waals surface area contributed by atoms with E-state index >= 15 is 0 Å². The highest BCUT2D eigenvalue weighted by molar-refractivity contribution is 6.21. The van der Waals surface area contributed by atoms with Gasteiger partial charge in [-0.3, -0.25) is 0 Å². The van der Waals surface area contributed by atoms with E-state index in [9.17, 15) is 13.9 Å². The van der Waals surface area contributed by atoms with E-state index in [-0.39, 0.29) is 17.3 Å². The molecule has 0 bridgehead atoms. The summed E-state index contributed by atoms with van der Waals surface area (Å²) in [6, 6.07) is 2.86. The minimum absolute atomic E-state index is 0.0936. The van der Waals surface area contributed by atoms with Crippen LogP contribution in [0.3, 0.4) is 0 Å². The number of hydrogen-bond acceptors (Lipinski definition) is 1. The molecule has 0 saturated carbocycles. The molecule has 1 N–H and O–H groups in total. The molecule has 0 aromatic heterocycles. The van der Waals surface area contributed by atoms with Gasteiger partial charge < -0.3 is 5.11 Å². The lowest BCUT2D eigenvalue weighted by molar-refractivity contribution is 0.0820. The number of benzene rings is 1. The molecule has 0 heterocycles. The van der Waals surface area contributed by atoms with Crippen LogP contribution in [0.15, 0.2) is 18.2 Å². The molecule has 0 unspecified atom stereocenters. The Morgan fingerprint density at radius 2 is 1.79 bits per heavy atom. The number of rotatable bonds is 3. The lowest BCUT2D eigenvalue weighted by Gasteiger charge is -2.23. The molecule has 0 aliphatic heterocycles. The van der Waals surface area contributed by atoms with Gasteiger partial charge in [-0.1, -0.05) is 6.07 Å². The molecule has 0 amide bonds. The van der Waals surface area contributed by atoms with Gasteiger partial charge in [-0.2, -0.15) is 0 Å². The van der Waals surface area contributed by atoms with Crippen LogP contribution in [-0.4, -0.2) is 16.9 Å². The van der Waals surface area contributed by atoms with E-state index in [1.807, 2.05) is 0 Å². The summed E-state index contributed by atoms with van der Waals surface area (Å²) in [7, 11) is 0. The SMILES string of the molecule is OC(CCl)(CCl)c1ccc(F)cc1F. The highest BCUT2D eigenvalue weighted by Crippen LogP contribution is 2.27. The summed E-state index contributed by atoms with van der Waals surface area (Å²) in [5, 5.41) is 9.75. The lowest BCUT2D eigenvalue weighted by atomic mass is 9.97. The van der Waals surface area contributed by atoms with Crippen LogP contribution in [0.5, 0.6) is 0 Å². The molecule has 1 nitrogen and oxygen atoms in total. The summed E-state index contributed by atoms with van der Waals surface area (Å²) >= 11 is 10.9. The maximum Gasteiger partial charge on any atom is 0.132 e. The Bertz CT molecular complexity index is 327. The Labute approximate surface area is 90.3 Å². The monoisotopic (exact) mass is 240 g/mol. The predicted octanol–water partition coefficient (Wildman–Crippen LogP) is 2.63. The maximum absolute atomic E-state index is 13.2. The van der Waals surface area contributed by atoms with Crippen molar-refractivity contribution in [3.63, 3.8) is 0 Å². The Kier molecular flexibility index (Phi) is 3.70. The largest absolute Gasteiger partial charge is 0.383 e. The fourth-order valence-corrected chi connectivity index (χ4v) is 1.62. The molecule has 0 aliphatic carbocycles. The van der Waals surface area contributed by atoms with Crippen molar-refractivity contribution in [2.45, 2.75) is 5.60 Å². The van der Waals surface area contributed by atoms with E-state index in [0.717, 1.165) is 12.1 Å². The normalized spacial score (nSPS) is 11.8. The van der Waals surface area contributed by atoms with Crippen LogP contribution >= 0.6 is 23.2 Å². The van der Waals surface area contributed by atoms with Crippen LogP contribution in [0.25, 0.3) is 0 Å². The van der Waals surface area contributed by atoms with Gasteiger partial charge in [-0.05, 0) is 6.07 Å². The van der Waals surface area contributed by atoms with Crippen LogP contribution in [0, 0.1) is 11.6 Å². The topological polar surface area (TPSA) is 20.2 Å².